The second-order valence-corrected chi connectivity index (χ2v) is 7.75. The summed E-state index contributed by atoms with van der Waals surface area (Å²) in [6, 6.07) is 3.49. The number of ether oxygens (including phenoxy) is 4. The second-order valence-electron chi connectivity index (χ2n) is 6.73. The van der Waals surface area contributed by atoms with Crippen LogP contribution in [-0.2, 0) is 9.53 Å². The fraction of sp³-hybridized carbons (Fsp3) is 0.333. The van der Waals surface area contributed by atoms with Crippen molar-refractivity contribution >= 4 is 33.9 Å². The van der Waals surface area contributed by atoms with E-state index in [1.807, 2.05) is 0 Å². The second kappa shape index (κ2) is 8.76. The number of fused-ring (bicyclic) bond motifs is 1. The van der Waals surface area contributed by atoms with E-state index in [0.29, 0.717) is 44.6 Å². The van der Waals surface area contributed by atoms with Gasteiger partial charge in [0.05, 0.1) is 44.2 Å². The van der Waals surface area contributed by atoms with E-state index in [1.54, 1.807) is 26.0 Å². The number of allylic oxidation sites excluding steroid dienone is 1. The number of nitrogen functional groups attached to an aromatic ring is 1. The molecule has 0 fully saturated rings. The lowest BCUT2D eigenvalue weighted by molar-refractivity contribution is -0.138. The van der Waals surface area contributed by atoms with Crippen molar-refractivity contribution in [2.24, 2.45) is 5.73 Å². The zero-order valence-electron chi connectivity index (χ0n) is 18.0. The molecule has 1 aromatic heterocycles. The van der Waals surface area contributed by atoms with E-state index in [4.69, 9.17) is 30.4 Å². The zero-order valence-corrected chi connectivity index (χ0v) is 18.8. The van der Waals surface area contributed by atoms with Crippen LogP contribution in [0, 0.1) is 0 Å². The van der Waals surface area contributed by atoms with Gasteiger partial charge < -0.3 is 35.7 Å². The van der Waals surface area contributed by atoms with E-state index in [1.165, 1.54) is 21.3 Å². The van der Waals surface area contributed by atoms with Gasteiger partial charge in [0.15, 0.2) is 11.5 Å². The Balaban J connectivity index is 2.33. The number of hydrogen-bond acceptors (Lipinski definition) is 9. The van der Waals surface area contributed by atoms with E-state index >= 15 is 0 Å². The number of rotatable bonds is 7. The average Bonchev–Trinajstić information content (AvgIpc) is 3.07. The van der Waals surface area contributed by atoms with Crippen molar-refractivity contribution in [3.05, 3.63) is 39.4 Å². The smallest absolute Gasteiger partial charge is 0.336 e. The number of amides is 1. The van der Waals surface area contributed by atoms with Crippen molar-refractivity contribution in [2.75, 3.05) is 39.0 Å². The van der Waals surface area contributed by atoms with Crippen LogP contribution in [-0.4, -0.2) is 39.8 Å². The van der Waals surface area contributed by atoms with E-state index in [9.17, 15) is 9.59 Å². The fourth-order valence-corrected chi connectivity index (χ4v) is 4.77. The molecule has 1 aromatic carbocycles. The lowest BCUT2D eigenvalue weighted by atomic mass is 9.81. The highest BCUT2D eigenvalue weighted by atomic mass is 32.1. The molecule has 0 saturated heterocycles. The first-order valence-corrected chi connectivity index (χ1v) is 10.3. The molecule has 0 radical (unpaired) electrons. The summed E-state index contributed by atoms with van der Waals surface area (Å²) in [5.74, 6) is -0.532. The molecule has 3 rings (SSSR count). The van der Waals surface area contributed by atoms with Crippen molar-refractivity contribution in [1.29, 1.82) is 0 Å². The molecule has 31 heavy (non-hydrogen) atoms. The topological polar surface area (TPSA) is 135 Å². The third-order valence-corrected chi connectivity index (χ3v) is 6.16. The number of anilines is 2. The number of methoxy groups -OCH3 is 3. The maximum atomic E-state index is 12.9. The van der Waals surface area contributed by atoms with Gasteiger partial charge in [0.2, 0.25) is 5.75 Å². The van der Waals surface area contributed by atoms with E-state index in [2.05, 4.69) is 5.32 Å². The first-order chi connectivity index (χ1) is 14.8. The number of benzene rings is 1. The minimum Gasteiger partial charge on any atom is -0.493 e. The molecule has 0 spiro atoms. The van der Waals surface area contributed by atoms with Gasteiger partial charge in [0.1, 0.15) is 4.88 Å². The highest BCUT2D eigenvalue weighted by Crippen LogP contribution is 2.52. The van der Waals surface area contributed by atoms with Gasteiger partial charge in [-0.1, -0.05) is 0 Å². The molecule has 1 aliphatic rings. The highest BCUT2D eigenvalue weighted by molar-refractivity contribution is 7.19. The molecule has 166 valence electrons. The Labute approximate surface area is 183 Å². The fourth-order valence-electron chi connectivity index (χ4n) is 3.70. The third kappa shape index (κ3) is 3.74. The number of hydrogen-bond donors (Lipinski definition) is 3. The molecule has 2 heterocycles. The van der Waals surface area contributed by atoms with E-state index in [-0.39, 0.29) is 17.2 Å². The third-order valence-electron chi connectivity index (χ3n) is 5.01. The summed E-state index contributed by atoms with van der Waals surface area (Å²) in [6.45, 7) is 3.70. The maximum Gasteiger partial charge on any atom is 0.336 e. The number of carbonyl (C=O) groups excluding carboxylic acids is 2. The summed E-state index contributed by atoms with van der Waals surface area (Å²) in [6.07, 6.45) is 0. The molecule has 10 heteroatoms. The first kappa shape index (κ1) is 22.3. The zero-order chi connectivity index (χ0) is 22.9. The summed E-state index contributed by atoms with van der Waals surface area (Å²) in [5, 5.41) is 3.80. The van der Waals surface area contributed by atoms with Crippen LogP contribution in [0.5, 0.6) is 17.2 Å². The van der Waals surface area contributed by atoms with Gasteiger partial charge in [-0.15, -0.1) is 11.3 Å². The molecule has 0 aliphatic carbocycles. The Kier molecular flexibility index (Phi) is 6.30. The molecule has 5 N–H and O–H groups in total. The Morgan fingerprint density at radius 3 is 2.23 bits per heavy atom. The SMILES string of the molecule is CCOC(=O)C1=C(C)Nc2sc(C(N)=O)c(N)c2C1c1cc(OC)c(OC)c(OC)c1. The van der Waals surface area contributed by atoms with Crippen molar-refractivity contribution < 1.29 is 28.5 Å². The average molecular weight is 448 g/mol. The van der Waals surface area contributed by atoms with E-state index < -0.39 is 17.8 Å². The van der Waals surface area contributed by atoms with Crippen LogP contribution < -0.4 is 31.0 Å². The molecule has 1 amide bonds. The summed E-state index contributed by atoms with van der Waals surface area (Å²) >= 11 is 1.14. The Bertz CT molecular complexity index is 1050. The minimum absolute atomic E-state index is 0.204. The Morgan fingerprint density at radius 2 is 1.74 bits per heavy atom. The number of primary amides is 1. The van der Waals surface area contributed by atoms with Crippen molar-refractivity contribution in [3.8, 4) is 17.2 Å². The van der Waals surface area contributed by atoms with Crippen LogP contribution in [0.2, 0.25) is 0 Å². The van der Waals surface area contributed by atoms with Gasteiger partial charge >= 0.3 is 5.97 Å². The van der Waals surface area contributed by atoms with Crippen LogP contribution in [0.4, 0.5) is 10.7 Å². The standard InChI is InChI=1S/C21H25N3O6S/c1-6-30-21(26)13-9(2)24-20-15(16(22)18(31-20)19(23)25)14(13)10-7-11(27-3)17(29-5)12(8-10)28-4/h7-8,14,24H,6,22H2,1-5H3,(H2,23,25). The summed E-state index contributed by atoms with van der Waals surface area (Å²) in [7, 11) is 4.52. The molecule has 0 bridgehead atoms. The molecule has 2 aromatic rings. The lowest BCUT2D eigenvalue weighted by Crippen LogP contribution is -2.24. The summed E-state index contributed by atoms with van der Waals surface area (Å²) in [4.78, 5) is 25.1. The summed E-state index contributed by atoms with van der Waals surface area (Å²) in [5.41, 5.74) is 14.2. The van der Waals surface area contributed by atoms with Gasteiger partial charge in [-0.25, -0.2) is 4.79 Å². The minimum atomic E-state index is -0.645. The van der Waals surface area contributed by atoms with Crippen molar-refractivity contribution in [2.45, 2.75) is 19.8 Å². The first-order valence-electron chi connectivity index (χ1n) is 9.45. The van der Waals surface area contributed by atoms with Crippen LogP contribution in [0.25, 0.3) is 0 Å². The van der Waals surface area contributed by atoms with Crippen molar-refractivity contribution in [3.63, 3.8) is 0 Å². The number of thiophene rings is 1. The molecule has 9 nitrogen and oxygen atoms in total. The lowest BCUT2D eigenvalue weighted by Gasteiger charge is -2.29. The predicted octanol–water partition coefficient (Wildman–Crippen LogP) is 2.85. The number of carbonyl (C=O) groups is 2. The van der Waals surface area contributed by atoms with Gasteiger partial charge in [-0.2, -0.15) is 0 Å². The normalized spacial score (nSPS) is 15.1. The summed E-state index contributed by atoms with van der Waals surface area (Å²) < 4.78 is 21.7. The van der Waals surface area contributed by atoms with E-state index in [0.717, 1.165) is 11.3 Å². The van der Waals surface area contributed by atoms with Crippen LogP contribution >= 0.6 is 11.3 Å². The van der Waals surface area contributed by atoms with Gasteiger partial charge in [0.25, 0.3) is 5.91 Å². The van der Waals surface area contributed by atoms with Crippen LogP contribution in [0.15, 0.2) is 23.4 Å². The number of nitrogens with one attached hydrogen (secondary N) is 1. The molecule has 1 unspecified atom stereocenters. The van der Waals surface area contributed by atoms with Crippen molar-refractivity contribution in [1.82, 2.24) is 0 Å². The molecule has 1 atom stereocenters. The monoisotopic (exact) mass is 447 g/mol. The van der Waals surface area contributed by atoms with Crippen LogP contribution in [0.3, 0.4) is 0 Å². The van der Waals surface area contributed by atoms with Gasteiger partial charge in [-0.05, 0) is 31.5 Å². The largest absolute Gasteiger partial charge is 0.493 e. The maximum absolute atomic E-state index is 12.9. The molecule has 1 aliphatic heterocycles. The number of nitrogens with two attached hydrogens (primary N) is 2. The number of esters is 1. The Hall–Kier alpha value is -3.40. The molecule has 0 saturated carbocycles. The van der Waals surface area contributed by atoms with Gasteiger partial charge in [-0.3, -0.25) is 4.79 Å². The predicted molar refractivity (Wildman–Crippen MR) is 118 cm³/mol. The molecular formula is C21H25N3O6S. The molecular weight excluding hydrogens is 422 g/mol. The quantitative estimate of drug-likeness (QED) is 0.552. The highest BCUT2D eigenvalue weighted by Gasteiger charge is 2.38. The Morgan fingerprint density at radius 1 is 1.13 bits per heavy atom. The van der Waals surface area contributed by atoms with Crippen LogP contribution in [0.1, 0.15) is 40.6 Å². The van der Waals surface area contributed by atoms with Gasteiger partial charge in [0, 0.05) is 17.2 Å².